The third-order valence-electron chi connectivity index (χ3n) is 6.75. The van der Waals surface area contributed by atoms with E-state index in [1.165, 1.54) is 0 Å². The highest BCUT2D eigenvalue weighted by molar-refractivity contribution is 5.85. The number of nitrogens with two attached hydrogens (primary N) is 1. The van der Waals surface area contributed by atoms with Crippen molar-refractivity contribution in [3.8, 4) is 5.75 Å². The first-order valence-corrected chi connectivity index (χ1v) is 10.6. The van der Waals surface area contributed by atoms with E-state index >= 15 is 0 Å². The number of fused-ring (bicyclic) bond motifs is 1. The van der Waals surface area contributed by atoms with E-state index in [1.54, 1.807) is 0 Å². The van der Waals surface area contributed by atoms with Crippen molar-refractivity contribution in [3.63, 3.8) is 0 Å². The van der Waals surface area contributed by atoms with Gasteiger partial charge in [-0.2, -0.15) is 0 Å². The van der Waals surface area contributed by atoms with Crippen LogP contribution in [0.3, 0.4) is 0 Å². The highest BCUT2D eigenvalue weighted by Gasteiger charge is 2.43. The molecule has 3 unspecified atom stereocenters. The minimum absolute atomic E-state index is 0. The van der Waals surface area contributed by atoms with Gasteiger partial charge in [-0.15, -0.1) is 12.4 Å². The maximum absolute atomic E-state index is 12.9. The first-order chi connectivity index (χ1) is 13.6. The van der Waals surface area contributed by atoms with Crippen LogP contribution in [-0.4, -0.2) is 60.4 Å². The number of nitrogens with zero attached hydrogens (tertiary/aromatic N) is 2. The predicted molar refractivity (Wildman–Crippen MR) is 114 cm³/mol. The molecule has 3 atom stereocenters. The molecule has 1 aliphatic carbocycles. The molecule has 2 amide bonds. The van der Waals surface area contributed by atoms with Crippen molar-refractivity contribution in [1.29, 1.82) is 0 Å². The lowest BCUT2D eigenvalue weighted by Gasteiger charge is -2.33. The Morgan fingerprint density at radius 1 is 1.00 bits per heavy atom. The number of piperidine rings is 1. The summed E-state index contributed by atoms with van der Waals surface area (Å²) in [6, 6.07) is 9.81. The third-order valence-corrected chi connectivity index (χ3v) is 6.75. The van der Waals surface area contributed by atoms with Crippen molar-refractivity contribution in [3.05, 3.63) is 30.3 Å². The van der Waals surface area contributed by atoms with E-state index in [-0.39, 0.29) is 36.2 Å². The quantitative estimate of drug-likeness (QED) is 0.791. The zero-order chi connectivity index (χ0) is 19.5. The minimum atomic E-state index is 0. The predicted octanol–water partition coefficient (Wildman–Crippen LogP) is 2.31. The van der Waals surface area contributed by atoms with Crippen LogP contribution >= 0.6 is 12.4 Å². The molecule has 1 aromatic rings. The molecule has 1 saturated carbocycles. The van der Waals surface area contributed by atoms with Crippen LogP contribution in [0.2, 0.25) is 0 Å². The SMILES string of the molecule is Cl.NC1CCC2CN(C(=O)C3CCN(C(=O)CCOc4ccccc4)CC3)CC12. The summed E-state index contributed by atoms with van der Waals surface area (Å²) in [6.45, 7) is 3.44. The van der Waals surface area contributed by atoms with Crippen LogP contribution < -0.4 is 10.5 Å². The highest BCUT2D eigenvalue weighted by atomic mass is 35.5. The molecule has 2 aliphatic heterocycles. The van der Waals surface area contributed by atoms with Gasteiger partial charge in [-0.3, -0.25) is 9.59 Å². The molecule has 6 nitrogen and oxygen atoms in total. The molecule has 29 heavy (non-hydrogen) atoms. The lowest BCUT2D eigenvalue weighted by atomic mass is 9.95. The maximum atomic E-state index is 12.9. The number of halogens is 1. The van der Waals surface area contributed by atoms with Crippen molar-refractivity contribution >= 4 is 24.2 Å². The van der Waals surface area contributed by atoms with Gasteiger partial charge in [0.2, 0.25) is 11.8 Å². The number of amides is 2. The Balaban J connectivity index is 0.00000240. The van der Waals surface area contributed by atoms with Crippen molar-refractivity contribution in [1.82, 2.24) is 9.80 Å². The Kier molecular flexibility index (Phi) is 7.41. The standard InChI is InChI=1S/C22H31N3O3.ClH/c23-20-7-6-17-14-25(15-19(17)20)22(27)16-8-11-24(12-9-16)21(26)10-13-28-18-4-2-1-3-5-18;/h1-5,16-17,19-20H,6-15,23H2;1H. The molecule has 160 valence electrons. The second-order valence-corrected chi connectivity index (χ2v) is 8.47. The summed E-state index contributed by atoms with van der Waals surface area (Å²) in [5.74, 6) is 2.33. The Bertz CT molecular complexity index is 694. The summed E-state index contributed by atoms with van der Waals surface area (Å²) < 4.78 is 5.62. The summed E-state index contributed by atoms with van der Waals surface area (Å²) in [7, 11) is 0. The molecule has 4 rings (SSSR count). The van der Waals surface area contributed by atoms with Gasteiger partial charge in [0.1, 0.15) is 5.75 Å². The Morgan fingerprint density at radius 2 is 1.72 bits per heavy atom. The third kappa shape index (κ3) is 5.04. The molecule has 2 N–H and O–H groups in total. The highest BCUT2D eigenvalue weighted by Crippen LogP contribution is 2.38. The smallest absolute Gasteiger partial charge is 0.225 e. The fourth-order valence-electron chi connectivity index (χ4n) is 5.05. The molecule has 3 fully saturated rings. The summed E-state index contributed by atoms with van der Waals surface area (Å²) in [4.78, 5) is 29.3. The number of para-hydroxylation sites is 1. The van der Waals surface area contributed by atoms with Crippen LogP contribution in [0, 0.1) is 17.8 Å². The number of rotatable bonds is 5. The van der Waals surface area contributed by atoms with E-state index in [0.29, 0.717) is 38.0 Å². The van der Waals surface area contributed by atoms with Gasteiger partial charge in [0.25, 0.3) is 0 Å². The Labute approximate surface area is 179 Å². The van der Waals surface area contributed by atoms with Crippen molar-refractivity contribution in [2.45, 2.75) is 38.1 Å². The van der Waals surface area contributed by atoms with Gasteiger partial charge in [0.15, 0.2) is 0 Å². The first-order valence-electron chi connectivity index (χ1n) is 10.6. The summed E-state index contributed by atoms with van der Waals surface area (Å²) in [6.07, 6.45) is 4.17. The second-order valence-electron chi connectivity index (χ2n) is 8.47. The maximum Gasteiger partial charge on any atom is 0.225 e. The van der Waals surface area contributed by atoms with Crippen molar-refractivity contribution in [2.24, 2.45) is 23.5 Å². The molecular weight excluding hydrogens is 390 g/mol. The average Bonchev–Trinajstić information content (AvgIpc) is 3.30. The van der Waals surface area contributed by atoms with Crippen LogP contribution in [-0.2, 0) is 9.59 Å². The number of carbonyl (C=O) groups excluding carboxylic acids is 2. The second kappa shape index (κ2) is 9.81. The van der Waals surface area contributed by atoms with Crippen molar-refractivity contribution < 1.29 is 14.3 Å². The van der Waals surface area contributed by atoms with Gasteiger partial charge in [-0.1, -0.05) is 18.2 Å². The average molecular weight is 422 g/mol. The number of carbonyl (C=O) groups is 2. The van der Waals surface area contributed by atoms with Gasteiger partial charge >= 0.3 is 0 Å². The van der Waals surface area contributed by atoms with Gasteiger partial charge < -0.3 is 20.3 Å². The summed E-state index contributed by atoms with van der Waals surface area (Å²) in [5, 5.41) is 0. The topological polar surface area (TPSA) is 75.9 Å². The van der Waals surface area contributed by atoms with Gasteiger partial charge in [-0.25, -0.2) is 0 Å². The van der Waals surface area contributed by atoms with Crippen LogP contribution in [0.1, 0.15) is 32.1 Å². The van der Waals surface area contributed by atoms with Gasteiger partial charge in [-0.05, 0) is 49.7 Å². The van der Waals surface area contributed by atoms with Crippen LogP contribution in [0.15, 0.2) is 30.3 Å². The monoisotopic (exact) mass is 421 g/mol. The van der Waals surface area contributed by atoms with Crippen LogP contribution in [0.4, 0.5) is 0 Å². The molecule has 0 spiro atoms. The molecule has 0 bridgehead atoms. The minimum Gasteiger partial charge on any atom is -0.493 e. The molecule has 2 heterocycles. The van der Waals surface area contributed by atoms with Gasteiger partial charge in [0.05, 0.1) is 13.0 Å². The number of hydrogen-bond acceptors (Lipinski definition) is 4. The zero-order valence-corrected chi connectivity index (χ0v) is 17.7. The van der Waals surface area contributed by atoms with Crippen molar-refractivity contribution in [2.75, 3.05) is 32.8 Å². The number of likely N-dealkylation sites (tertiary alicyclic amines) is 2. The fourth-order valence-corrected chi connectivity index (χ4v) is 5.05. The van der Waals surface area contributed by atoms with E-state index in [2.05, 4.69) is 0 Å². The zero-order valence-electron chi connectivity index (χ0n) is 16.9. The summed E-state index contributed by atoms with van der Waals surface area (Å²) in [5.41, 5.74) is 6.20. The number of benzene rings is 1. The Morgan fingerprint density at radius 3 is 2.41 bits per heavy atom. The molecule has 1 aromatic carbocycles. The first kappa shape index (κ1) is 21.9. The lowest BCUT2D eigenvalue weighted by molar-refractivity contribution is -0.140. The van der Waals surface area contributed by atoms with E-state index in [1.807, 2.05) is 40.1 Å². The van der Waals surface area contributed by atoms with Crippen LogP contribution in [0.25, 0.3) is 0 Å². The molecule has 0 aromatic heterocycles. The van der Waals surface area contributed by atoms with E-state index in [0.717, 1.165) is 44.5 Å². The lowest BCUT2D eigenvalue weighted by Crippen LogP contribution is -2.44. The van der Waals surface area contributed by atoms with E-state index in [9.17, 15) is 9.59 Å². The number of ether oxygens (including phenoxy) is 1. The molecular formula is C22H32ClN3O3. The normalized spacial score (nSPS) is 26.7. The summed E-state index contributed by atoms with van der Waals surface area (Å²) >= 11 is 0. The number of hydrogen-bond donors (Lipinski definition) is 1. The van der Waals surface area contributed by atoms with E-state index in [4.69, 9.17) is 10.5 Å². The van der Waals surface area contributed by atoms with Gasteiger partial charge in [0, 0.05) is 38.1 Å². The van der Waals surface area contributed by atoms with Crippen LogP contribution in [0.5, 0.6) is 5.75 Å². The van der Waals surface area contributed by atoms with E-state index < -0.39 is 0 Å². The largest absolute Gasteiger partial charge is 0.493 e. The Hall–Kier alpha value is -1.79. The molecule has 0 radical (unpaired) electrons. The molecule has 3 aliphatic rings. The molecule has 2 saturated heterocycles. The fraction of sp³-hybridized carbons (Fsp3) is 0.636. The molecule has 7 heteroatoms.